The number of carboxylic acid groups (broad SMARTS) is 1. The number of aryl methyl sites for hydroxylation is 1. The first-order valence-electron chi connectivity index (χ1n) is 11.2. The van der Waals surface area contributed by atoms with Gasteiger partial charge in [-0.15, -0.1) is 0 Å². The summed E-state index contributed by atoms with van der Waals surface area (Å²) in [4.78, 5) is 29.3. The molecule has 1 atom stereocenters. The van der Waals surface area contributed by atoms with Crippen molar-refractivity contribution >= 4 is 23.3 Å². The Morgan fingerprint density at radius 1 is 1.03 bits per heavy atom. The second-order valence-electron chi connectivity index (χ2n) is 8.82. The predicted molar refractivity (Wildman–Crippen MR) is 123 cm³/mol. The molecule has 2 aromatic rings. The van der Waals surface area contributed by atoms with Crippen LogP contribution in [0, 0.1) is 12.8 Å². The number of amides is 1. The third-order valence-electron chi connectivity index (χ3n) is 6.35. The quantitative estimate of drug-likeness (QED) is 0.729. The van der Waals surface area contributed by atoms with Crippen molar-refractivity contribution in [3.05, 3.63) is 59.2 Å². The minimum Gasteiger partial charge on any atom is -0.478 e. The fourth-order valence-electron chi connectivity index (χ4n) is 4.79. The van der Waals surface area contributed by atoms with Crippen LogP contribution in [-0.4, -0.2) is 54.6 Å². The molecule has 0 aliphatic carbocycles. The standard InChI is InChI=1S/C25H31N3O3/c1-18-6-4-8-20(14-18)24(29)26-22-15-21(25(30)31)9-10-23(22)28-13-5-7-19(17-28)16-27-11-2-3-12-27/h4,6,8-10,14-15,19H,2-3,5,7,11-13,16-17H2,1H3,(H,26,29)(H,30,31). The van der Waals surface area contributed by atoms with Gasteiger partial charge in [-0.05, 0) is 81.9 Å². The van der Waals surface area contributed by atoms with E-state index in [1.54, 1.807) is 18.2 Å². The molecule has 6 nitrogen and oxygen atoms in total. The van der Waals surface area contributed by atoms with Gasteiger partial charge in [0.1, 0.15) is 0 Å². The van der Waals surface area contributed by atoms with Crippen LogP contribution in [0.15, 0.2) is 42.5 Å². The molecule has 2 aliphatic rings. The smallest absolute Gasteiger partial charge is 0.335 e. The molecule has 1 unspecified atom stereocenters. The van der Waals surface area contributed by atoms with Crippen molar-refractivity contribution < 1.29 is 14.7 Å². The van der Waals surface area contributed by atoms with Gasteiger partial charge in [0.05, 0.1) is 16.9 Å². The van der Waals surface area contributed by atoms with Crippen LogP contribution >= 0.6 is 0 Å². The highest BCUT2D eigenvalue weighted by molar-refractivity contribution is 6.06. The number of carbonyl (C=O) groups is 2. The summed E-state index contributed by atoms with van der Waals surface area (Å²) >= 11 is 0. The van der Waals surface area contributed by atoms with Crippen molar-refractivity contribution in [2.75, 3.05) is 42.9 Å². The number of hydrogen-bond donors (Lipinski definition) is 2. The average Bonchev–Trinajstić information content (AvgIpc) is 3.27. The number of carbonyl (C=O) groups excluding carboxylic acids is 1. The first-order valence-corrected chi connectivity index (χ1v) is 11.2. The summed E-state index contributed by atoms with van der Waals surface area (Å²) in [5.74, 6) is -0.632. The third-order valence-corrected chi connectivity index (χ3v) is 6.35. The minimum atomic E-state index is -0.997. The number of carboxylic acids is 1. The molecule has 0 bridgehead atoms. The number of aromatic carboxylic acids is 1. The van der Waals surface area contributed by atoms with Crippen molar-refractivity contribution in [2.45, 2.75) is 32.6 Å². The van der Waals surface area contributed by atoms with Crippen molar-refractivity contribution in [3.63, 3.8) is 0 Å². The van der Waals surface area contributed by atoms with Crippen LogP contribution in [0.5, 0.6) is 0 Å². The van der Waals surface area contributed by atoms with Gasteiger partial charge in [-0.25, -0.2) is 4.79 Å². The number of rotatable bonds is 6. The number of piperidine rings is 1. The first-order chi connectivity index (χ1) is 15.0. The molecule has 2 saturated heterocycles. The van der Waals surface area contributed by atoms with Crippen molar-refractivity contribution in [1.82, 2.24) is 4.90 Å². The zero-order chi connectivity index (χ0) is 21.8. The van der Waals surface area contributed by atoms with Gasteiger partial charge < -0.3 is 20.2 Å². The molecule has 6 heteroatoms. The van der Waals surface area contributed by atoms with E-state index in [4.69, 9.17) is 0 Å². The summed E-state index contributed by atoms with van der Waals surface area (Å²) in [5.41, 5.74) is 3.21. The molecule has 2 fully saturated rings. The van der Waals surface area contributed by atoms with Crippen molar-refractivity contribution in [3.8, 4) is 0 Å². The summed E-state index contributed by atoms with van der Waals surface area (Å²) in [6.07, 6.45) is 4.90. The Morgan fingerprint density at radius 3 is 2.58 bits per heavy atom. The van der Waals surface area contributed by atoms with Crippen LogP contribution in [-0.2, 0) is 0 Å². The van der Waals surface area contributed by atoms with E-state index in [0.717, 1.165) is 37.3 Å². The Bertz CT molecular complexity index is 953. The van der Waals surface area contributed by atoms with Crippen LogP contribution in [0.1, 0.15) is 52.0 Å². The highest BCUT2D eigenvalue weighted by Gasteiger charge is 2.25. The van der Waals surface area contributed by atoms with Gasteiger partial charge in [0, 0.05) is 25.2 Å². The van der Waals surface area contributed by atoms with E-state index in [0.29, 0.717) is 17.2 Å². The highest BCUT2D eigenvalue weighted by atomic mass is 16.4. The second kappa shape index (κ2) is 9.52. The predicted octanol–water partition coefficient (Wildman–Crippen LogP) is 4.26. The van der Waals surface area contributed by atoms with Gasteiger partial charge >= 0.3 is 5.97 Å². The van der Waals surface area contributed by atoms with Gasteiger partial charge in [-0.1, -0.05) is 17.7 Å². The zero-order valence-electron chi connectivity index (χ0n) is 18.1. The summed E-state index contributed by atoms with van der Waals surface area (Å²) in [6, 6.07) is 12.5. The summed E-state index contributed by atoms with van der Waals surface area (Å²) < 4.78 is 0. The maximum Gasteiger partial charge on any atom is 0.335 e. The molecule has 2 heterocycles. The first kappa shape index (κ1) is 21.4. The lowest BCUT2D eigenvalue weighted by Crippen LogP contribution is -2.40. The van der Waals surface area contributed by atoms with Gasteiger partial charge in [-0.2, -0.15) is 0 Å². The lowest BCUT2D eigenvalue weighted by molar-refractivity contribution is 0.0696. The van der Waals surface area contributed by atoms with E-state index in [9.17, 15) is 14.7 Å². The molecule has 0 spiro atoms. The van der Waals surface area contributed by atoms with Crippen molar-refractivity contribution in [1.29, 1.82) is 0 Å². The van der Waals surface area contributed by atoms with E-state index < -0.39 is 5.97 Å². The van der Waals surface area contributed by atoms with Gasteiger partial charge in [0.25, 0.3) is 5.91 Å². The number of nitrogens with one attached hydrogen (secondary N) is 1. The van der Waals surface area contributed by atoms with Gasteiger partial charge in [0.15, 0.2) is 0 Å². The van der Waals surface area contributed by atoms with Gasteiger partial charge in [0.2, 0.25) is 0 Å². The molecule has 164 valence electrons. The molecule has 0 radical (unpaired) electrons. The van der Waals surface area contributed by atoms with E-state index in [2.05, 4.69) is 15.1 Å². The lowest BCUT2D eigenvalue weighted by Gasteiger charge is -2.37. The number of nitrogens with zero attached hydrogens (tertiary/aromatic N) is 2. The molecule has 2 aromatic carbocycles. The molecular weight excluding hydrogens is 390 g/mol. The topological polar surface area (TPSA) is 72.9 Å². The molecule has 31 heavy (non-hydrogen) atoms. The zero-order valence-corrected chi connectivity index (χ0v) is 18.1. The highest BCUT2D eigenvalue weighted by Crippen LogP contribution is 2.32. The van der Waals surface area contributed by atoms with Crippen LogP contribution in [0.3, 0.4) is 0 Å². The van der Waals surface area contributed by atoms with E-state index in [-0.39, 0.29) is 11.5 Å². The van der Waals surface area contributed by atoms with Crippen LogP contribution in [0.4, 0.5) is 11.4 Å². The lowest BCUT2D eigenvalue weighted by atomic mass is 9.96. The number of hydrogen-bond acceptors (Lipinski definition) is 4. The van der Waals surface area contributed by atoms with E-state index in [1.807, 2.05) is 31.2 Å². The second-order valence-corrected chi connectivity index (χ2v) is 8.82. The summed E-state index contributed by atoms with van der Waals surface area (Å²) in [7, 11) is 0. The Morgan fingerprint density at radius 2 is 1.84 bits per heavy atom. The molecule has 0 saturated carbocycles. The Labute approximate surface area is 183 Å². The molecule has 2 N–H and O–H groups in total. The van der Waals surface area contributed by atoms with Crippen LogP contribution < -0.4 is 10.2 Å². The fourth-order valence-corrected chi connectivity index (χ4v) is 4.79. The maximum absolute atomic E-state index is 12.9. The Kier molecular flexibility index (Phi) is 6.56. The number of benzene rings is 2. The molecule has 4 rings (SSSR count). The number of likely N-dealkylation sites (tertiary alicyclic amines) is 1. The largest absolute Gasteiger partial charge is 0.478 e. The SMILES string of the molecule is Cc1cccc(C(=O)Nc2cc(C(=O)O)ccc2N2CCCC(CN3CCCC3)C2)c1. The van der Waals surface area contributed by atoms with Crippen LogP contribution in [0.25, 0.3) is 0 Å². The van der Waals surface area contributed by atoms with Crippen molar-refractivity contribution in [2.24, 2.45) is 5.92 Å². The molecule has 2 aliphatic heterocycles. The molecule has 0 aromatic heterocycles. The summed E-state index contributed by atoms with van der Waals surface area (Å²) in [6.45, 7) is 7.30. The average molecular weight is 422 g/mol. The van der Waals surface area contributed by atoms with E-state index >= 15 is 0 Å². The maximum atomic E-state index is 12.9. The monoisotopic (exact) mass is 421 g/mol. The Balaban J connectivity index is 1.56. The molecule has 1 amide bonds. The van der Waals surface area contributed by atoms with E-state index in [1.165, 1.54) is 32.4 Å². The fraction of sp³-hybridized carbons (Fsp3) is 0.440. The number of anilines is 2. The normalized spacial score (nSPS) is 19.4. The third kappa shape index (κ3) is 5.25. The Hall–Kier alpha value is -2.86. The van der Waals surface area contributed by atoms with Crippen LogP contribution in [0.2, 0.25) is 0 Å². The minimum absolute atomic E-state index is 0.175. The molecular formula is C25H31N3O3. The summed E-state index contributed by atoms with van der Waals surface area (Å²) in [5, 5.41) is 12.4. The van der Waals surface area contributed by atoms with Gasteiger partial charge in [-0.3, -0.25) is 4.79 Å².